The van der Waals surface area contributed by atoms with Crippen molar-refractivity contribution < 1.29 is 9.84 Å². The van der Waals surface area contributed by atoms with E-state index in [0.29, 0.717) is 0 Å². The third-order valence-electron chi connectivity index (χ3n) is 0.753. The van der Waals surface area contributed by atoms with Crippen molar-refractivity contribution in [1.82, 2.24) is 0 Å². The zero-order valence-corrected chi connectivity index (χ0v) is 4.72. The molecule has 0 aromatic carbocycles. The van der Waals surface area contributed by atoms with Gasteiger partial charge in [0.25, 0.3) is 0 Å². The Hall–Kier alpha value is -0.610. The highest BCUT2D eigenvalue weighted by molar-refractivity contribution is 5.78. The van der Waals surface area contributed by atoms with Gasteiger partial charge in [-0.3, -0.25) is 5.41 Å². The van der Waals surface area contributed by atoms with Gasteiger partial charge in [0, 0.05) is 0 Å². The van der Waals surface area contributed by atoms with E-state index in [4.69, 9.17) is 16.2 Å². The summed E-state index contributed by atoms with van der Waals surface area (Å²) in [5.41, 5.74) is 5.13. The number of rotatable bonds is 2. The zero-order valence-electron chi connectivity index (χ0n) is 4.72. The van der Waals surface area contributed by atoms with Crippen LogP contribution in [0.1, 0.15) is 0 Å². The second kappa shape index (κ2) is 3.40. The van der Waals surface area contributed by atoms with E-state index in [9.17, 15) is 0 Å². The Bertz CT molecular complexity index is 84.1. The Kier molecular flexibility index (Phi) is 3.14. The molecule has 8 heavy (non-hydrogen) atoms. The van der Waals surface area contributed by atoms with Crippen LogP contribution >= 0.6 is 0 Å². The Labute approximate surface area is 47.8 Å². The summed E-state index contributed by atoms with van der Waals surface area (Å²) in [5.74, 6) is -0.0903. The molecule has 4 heteroatoms. The maximum absolute atomic E-state index is 8.29. The lowest BCUT2D eigenvalue weighted by atomic mass is 10.3. The number of aliphatic hydroxyl groups is 1. The van der Waals surface area contributed by atoms with Gasteiger partial charge in [0.1, 0.15) is 6.04 Å². The molecule has 0 heterocycles. The monoisotopic (exact) mass is 118 g/mol. The number of hydrogen-bond acceptors (Lipinski definition) is 4. The minimum absolute atomic E-state index is 0.0903. The van der Waals surface area contributed by atoms with Crippen molar-refractivity contribution in [2.45, 2.75) is 6.04 Å². The quantitative estimate of drug-likeness (QED) is 0.319. The second-order valence-electron chi connectivity index (χ2n) is 1.36. The van der Waals surface area contributed by atoms with Gasteiger partial charge in [0.05, 0.1) is 13.7 Å². The van der Waals surface area contributed by atoms with Crippen LogP contribution in [-0.2, 0) is 4.74 Å². The van der Waals surface area contributed by atoms with Crippen LogP contribution in [0.5, 0.6) is 0 Å². The summed E-state index contributed by atoms with van der Waals surface area (Å²) in [4.78, 5) is 0. The van der Waals surface area contributed by atoms with Gasteiger partial charge >= 0.3 is 0 Å². The summed E-state index contributed by atoms with van der Waals surface area (Å²) >= 11 is 0. The molecule has 0 aliphatic heterocycles. The minimum Gasteiger partial charge on any atom is -0.483 e. The molecule has 0 aliphatic carbocycles. The summed E-state index contributed by atoms with van der Waals surface area (Å²) in [6, 6.07) is -0.667. The van der Waals surface area contributed by atoms with E-state index in [0.717, 1.165) is 0 Å². The van der Waals surface area contributed by atoms with E-state index in [2.05, 4.69) is 4.74 Å². The molecule has 0 saturated carbocycles. The molecule has 0 aromatic rings. The Morgan fingerprint density at radius 3 is 2.62 bits per heavy atom. The van der Waals surface area contributed by atoms with E-state index >= 15 is 0 Å². The molecule has 0 rings (SSSR count). The first-order valence-corrected chi connectivity index (χ1v) is 2.21. The van der Waals surface area contributed by atoms with Crippen LogP contribution in [0, 0.1) is 5.41 Å². The maximum Gasteiger partial charge on any atom is 0.199 e. The Morgan fingerprint density at radius 1 is 2.00 bits per heavy atom. The zero-order chi connectivity index (χ0) is 6.57. The number of nitrogens with one attached hydrogen (secondary N) is 1. The molecular formula is C4H10N2O2. The average molecular weight is 118 g/mol. The Morgan fingerprint density at radius 2 is 2.50 bits per heavy atom. The van der Waals surface area contributed by atoms with Crippen molar-refractivity contribution in [3.05, 3.63) is 0 Å². The van der Waals surface area contributed by atoms with Crippen LogP contribution in [0.2, 0.25) is 0 Å². The van der Waals surface area contributed by atoms with E-state index < -0.39 is 6.04 Å². The predicted molar refractivity (Wildman–Crippen MR) is 29.8 cm³/mol. The normalized spacial score (nSPS) is 12.9. The lowest BCUT2D eigenvalue weighted by molar-refractivity contribution is 0.269. The molecule has 0 saturated heterocycles. The summed E-state index contributed by atoms with van der Waals surface area (Å²) in [6.45, 7) is -0.243. The highest BCUT2D eigenvalue weighted by atomic mass is 16.5. The third kappa shape index (κ3) is 1.90. The molecule has 0 aliphatic rings. The van der Waals surface area contributed by atoms with Crippen LogP contribution in [0.3, 0.4) is 0 Å². The van der Waals surface area contributed by atoms with Gasteiger partial charge < -0.3 is 15.6 Å². The molecule has 4 N–H and O–H groups in total. The molecule has 1 unspecified atom stereocenters. The third-order valence-corrected chi connectivity index (χ3v) is 0.753. The fourth-order valence-electron chi connectivity index (χ4n) is 0.234. The molecule has 0 spiro atoms. The minimum atomic E-state index is -0.667. The maximum atomic E-state index is 8.29. The average Bonchev–Trinajstić information content (AvgIpc) is 1.84. The summed E-state index contributed by atoms with van der Waals surface area (Å²) < 4.78 is 4.40. The second-order valence-corrected chi connectivity index (χ2v) is 1.36. The fraction of sp³-hybridized carbons (Fsp3) is 0.750. The number of methoxy groups -OCH3 is 1. The first kappa shape index (κ1) is 7.39. The van der Waals surface area contributed by atoms with Crippen LogP contribution in [0.25, 0.3) is 0 Å². The SMILES string of the molecule is COC(=N)C(N)CO. The summed E-state index contributed by atoms with van der Waals surface area (Å²) in [5, 5.41) is 15.1. The van der Waals surface area contributed by atoms with E-state index in [-0.39, 0.29) is 12.5 Å². The largest absolute Gasteiger partial charge is 0.483 e. The van der Waals surface area contributed by atoms with Crippen molar-refractivity contribution in [2.75, 3.05) is 13.7 Å². The molecule has 1 atom stereocenters. The van der Waals surface area contributed by atoms with Gasteiger partial charge in [-0.15, -0.1) is 0 Å². The number of nitrogens with two attached hydrogens (primary N) is 1. The molecule has 48 valence electrons. The van der Waals surface area contributed by atoms with Gasteiger partial charge in [-0.05, 0) is 0 Å². The van der Waals surface area contributed by atoms with Gasteiger partial charge in [-0.25, -0.2) is 0 Å². The molecule has 0 fully saturated rings. The molecular weight excluding hydrogens is 108 g/mol. The van der Waals surface area contributed by atoms with Crippen molar-refractivity contribution in [3.63, 3.8) is 0 Å². The van der Waals surface area contributed by atoms with Crippen LogP contribution in [0.4, 0.5) is 0 Å². The Balaban J connectivity index is 3.46. The van der Waals surface area contributed by atoms with Crippen molar-refractivity contribution in [1.29, 1.82) is 5.41 Å². The van der Waals surface area contributed by atoms with Crippen LogP contribution < -0.4 is 5.73 Å². The van der Waals surface area contributed by atoms with Crippen molar-refractivity contribution >= 4 is 5.90 Å². The standard InChI is InChI=1S/C4H10N2O2/c1-8-4(6)3(5)2-7/h3,6-7H,2,5H2,1H3. The number of aliphatic hydroxyl groups excluding tert-OH is 1. The molecule has 0 radical (unpaired) electrons. The molecule has 0 bridgehead atoms. The molecule has 0 amide bonds. The number of ether oxygens (including phenoxy) is 1. The van der Waals surface area contributed by atoms with Crippen molar-refractivity contribution in [3.8, 4) is 0 Å². The highest BCUT2D eigenvalue weighted by Gasteiger charge is 2.05. The van der Waals surface area contributed by atoms with Gasteiger partial charge in [-0.1, -0.05) is 0 Å². The van der Waals surface area contributed by atoms with E-state index in [1.807, 2.05) is 0 Å². The van der Waals surface area contributed by atoms with Gasteiger partial charge in [0.2, 0.25) is 0 Å². The number of hydrogen-bond donors (Lipinski definition) is 3. The van der Waals surface area contributed by atoms with E-state index in [1.54, 1.807) is 0 Å². The van der Waals surface area contributed by atoms with E-state index in [1.165, 1.54) is 7.11 Å². The predicted octanol–water partition coefficient (Wildman–Crippen LogP) is -1.07. The summed E-state index contributed by atoms with van der Waals surface area (Å²) in [7, 11) is 1.35. The first-order valence-electron chi connectivity index (χ1n) is 2.21. The topological polar surface area (TPSA) is 79.3 Å². The van der Waals surface area contributed by atoms with Crippen molar-refractivity contribution in [2.24, 2.45) is 5.73 Å². The lowest BCUT2D eigenvalue weighted by Gasteiger charge is -2.06. The molecule has 0 aromatic heterocycles. The fourth-order valence-corrected chi connectivity index (χ4v) is 0.234. The first-order chi connectivity index (χ1) is 3.72. The molecule has 4 nitrogen and oxygen atoms in total. The van der Waals surface area contributed by atoms with Gasteiger partial charge in [0.15, 0.2) is 5.90 Å². The lowest BCUT2D eigenvalue weighted by Crippen LogP contribution is -2.34. The van der Waals surface area contributed by atoms with Crippen LogP contribution in [0.15, 0.2) is 0 Å². The smallest absolute Gasteiger partial charge is 0.199 e. The summed E-state index contributed by atoms with van der Waals surface area (Å²) in [6.07, 6.45) is 0. The van der Waals surface area contributed by atoms with Gasteiger partial charge in [-0.2, -0.15) is 0 Å². The van der Waals surface area contributed by atoms with Crippen LogP contribution in [-0.4, -0.2) is 30.8 Å². The highest BCUT2D eigenvalue weighted by Crippen LogP contribution is 1.79.